The van der Waals surface area contributed by atoms with Crippen LogP contribution in [0.5, 0.6) is 0 Å². The Labute approximate surface area is 194 Å². The number of carbonyl (C=O) groups excluding carboxylic acids is 1. The molecule has 0 radical (unpaired) electrons. The smallest absolute Gasteiger partial charge is 0.338 e. The molecule has 170 valence electrons. The van der Waals surface area contributed by atoms with Crippen molar-refractivity contribution in [2.45, 2.75) is 31.9 Å². The van der Waals surface area contributed by atoms with Crippen LogP contribution >= 0.6 is 0 Å². The highest BCUT2D eigenvalue weighted by Gasteiger charge is 2.42. The molecule has 0 spiro atoms. The minimum Gasteiger partial charge on any atom is -0.462 e. The van der Waals surface area contributed by atoms with Crippen LogP contribution in [0.15, 0.2) is 66.9 Å². The van der Waals surface area contributed by atoms with Gasteiger partial charge in [-0.25, -0.2) is 4.79 Å². The molecule has 0 saturated carbocycles. The minimum atomic E-state index is -0.513. The summed E-state index contributed by atoms with van der Waals surface area (Å²) in [7, 11) is 0. The Hall–Kier alpha value is -3.02. The number of hydrogen-bond donors (Lipinski definition) is 1. The molecule has 3 aromatic rings. The van der Waals surface area contributed by atoms with Crippen molar-refractivity contribution in [2.24, 2.45) is 11.8 Å². The van der Waals surface area contributed by atoms with E-state index in [0.29, 0.717) is 24.0 Å². The number of para-hydroxylation sites is 1. The normalized spacial score (nSPS) is 25.4. The highest BCUT2D eigenvalue weighted by Crippen LogP contribution is 2.42. The fourth-order valence-corrected chi connectivity index (χ4v) is 5.42. The van der Waals surface area contributed by atoms with Gasteiger partial charge in [-0.05, 0) is 73.5 Å². The predicted molar refractivity (Wildman–Crippen MR) is 130 cm³/mol. The van der Waals surface area contributed by atoms with Crippen molar-refractivity contribution in [1.29, 1.82) is 0 Å². The average molecular weight is 443 g/mol. The van der Waals surface area contributed by atoms with Gasteiger partial charge >= 0.3 is 5.97 Å². The SMILES string of the molecule is CCOC(=O)c1ccc(/C=C/C2CN3CCC2CC3[C@H](O)c2ccnc3ccccc23)cc1. The van der Waals surface area contributed by atoms with Gasteiger partial charge in [0, 0.05) is 24.2 Å². The van der Waals surface area contributed by atoms with Gasteiger partial charge in [0.25, 0.3) is 0 Å². The van der Waals surface area contributed by atoms with E-state index in [0.717, 1.165) is 48.0 Å². The second-order valence-electron chi connectivity index (χ2n) is 9.07. The van der Waals surface area contributed by atoms with Crippen molar-refractivity contribution in [3.05, 3.63) is 83.6 Å². The molecule has 3 saturated heterocycles. The third-order valence-electron chi connectivity index (χ3n) is 7.17. The number of carbonyl (C=O) groups is 1. The van der Waals surface area contributed by atoms with E-state index < -0.39 is 6.10 Å². The maximum Gasteiger partial charge on any atom is 0.338 e. The number of rotatable bonds is 6. The number of aliphatic hydroxyl groups is 1. The molecule has 2 aromatic carbocycles. The van der Waals surface area contributed by atoms with E-state index >= 15 is 0 Å². The van der Waals surface area contributed by atoms with E-state index in [-0.39, 0.29) is 12.0 Å². The first kappa shape index (κ1) is 21.8. The number of ether oxygens (including phenoxy) is 1. The van der Waals surface area contributed by atoms with Crippen molar-refractivity contribution in [3.63, 3.8) is 0 Å². The van der Waals surface area contributed by atoms with Gasteiger partial charge in [0.15, 0.2) is 0 Å². The summed E-state index contributed by atoms with van der Waals surface area (Å²) in [5.74, 6) is 0.760. The van der Waals surface area contributed by atoms with Gasteiger partial charge in [-0.3, -0.25) is 9.88 Å². The van der Waals surface area contributed by atoms with E-state index in [4.69, 9.17) is 4.74 Å². The second-order valence-corrected chi connectivity index (χ2v) is 9.07. The maximum atomic E-state index is 11.8. The number of benzene rings is 2. The van der Waals surface area contributed by atoms with Gasteiger partial charge in [-0.15, -0.1) is 0 Å². The van der Waals surface area contributed by atoms with Crippen LogP contribution in [-0.4, -0.2) is 46.7 Å². The summed E-state index contributed by atoms with van der Waals surface area (Å²) in [5.41, 5.74) is 3.57. The van der Waals surface area contributed by atoms with Crippen molar-refractivity contribution in [1.82, 2.24) is 9.88 Å². The van der Waals surface area contributed by atoms with Crippen molar-refractivity contribution in [3.8, 4) is 0 Å². The first-order valence-corrected chi connectivity index (χ1v) is 11.8. The molecule has 0 aliphatic carbocycles. The Kier molecular flexibility index (Phi) is 6.25. The summed E-state index contributed by atoms with van der Waals surface area (Å²) < 4.78 is 5.05. The zero-order valence-electron chi connectivity index (χ0n) is 18.9. The largest absolute Gasteiger partial charge is 0.462 e. The number of pyridine rings is 1. The lowest BCUT2D eigenvalue weighted by Crippen LogP contribution is -2.54. The molecule has 3 aliphatic heterocycles. The first-order valence-electron chi connectivity index (χ1n) is 11.8. The molecule has 4 unspecified atom stereocenters. The second kappa shape index (κ2) is 9.46. The number of nitrogens with zero attached hydrogens (tertiary/aromatic N) is 2. The van der Waals surface area contributed by atoms with Crippen molar-refractivity contribution < 1.29 is 14.6 Å². The van der Waals surface area contributed by atoms with E-state index in [1.54, 1.807) is 6.20 Å². The third kappa shape index (κ3) is 4.43. The predicted octanol–water partition coefficient (Wildman–Crippen LogP) is 4.87. The molecule has 1 aromatic heterocycles. The number of aliphatic hydroxyl groups excluding tert-OH is 1. The van der Waals surface area contributed by atoms with Crippen LogP contribution in [0.1, 0.15) is 47.4 Å². The standard InChI is InChI=1S/C28H30N2O3/c1-2-33-28(32)20-10-7-19(8-11-20)9-12-22-18-30-16-14-21(22)17-26(30)27(31)24-13-15-29-25-6-4-3-5-23(24)25/h3-13,15,21-22,26-27,31H,2,14,16-18H2,1H3/b12-9+/t21?,22?,26?,27-/m1/s1. The van der Waals surface area contributed by atoms with E-state index in [2.05, 4.69) is 28.1 Å². The average Bonchev–Trinajstić information content (AvgIpc) is 2.87. The number of piperidine rings is 3. The summed E-state index contributed by atoms with van der Waals surface area (Å²) >= 11 is 0. The number of fused-ring (bicyclic) bond motifs is 4. The Morgan fingerprint density at radius 3 is 2.79 bits per heavy atom. The van der Waals surface area contributed by atoms with Crippen LogP contribution in [0.4, 0.5) is 0 Å². The maximum absolute atomic E-state index is 11.8. The van der Waals surface area contributed by atoms with Crippen LogP contribution < -0.4 is 0 Å². The molecule has 6 rings (SSSR count). The molecule has 2 bridgehead atoms. The van der Waals surface area contributed by atoms with Crippen molar-refractivity contribution >= 4 is 22.9 Å². The summed E-state index contributed by atoms with van der Waals surface area (Å²) in [6.07, 6.45) is 7.91. The summed E-state index contributed by atoms with van der Waals surface area (Å²) in [6, 6.07) is 17.7. The Morgan fingerprint density at radius 1 is 1.21 bits per heavy atom. The zero-order valence-corrected chi connectivity index (χ0v) is 18.9. The van der Waals surface area contributed by atoms with Crippen LogP contribution in [0.25, 0.3) is 17.0 Å². The number of aromatic nitrogens is 1. The quantitative estimate of drug-likeness (QED) is 0.552. The Morgan fingerprint density at radius 2 is 2.03 bits per heavy atom. The van der Waals surface area contributed by atoms with Crippen LogP contribution in [-0.2, 0) is 4.74 Å². The van der Waals surface area contributed by atoms with E-state index in [9.17, 15) is 9.90 Å². The molecule has 3 aliphatic rings. The third-order valence-corrected chi connectivity index (χ3v) is 7.17. The monoisotopic (exact) mass is 442 g/mol. The highest BCUT2D eigenvalue weighted by atomic mass is 16.5. The zero-order chi connectivity index (χ0) is 22.8. The first-order chi connectivity index (χ1) is 16.1. The molecular weight excluding hydrogens is 412 g/mol. The summed E-state index contributed by atoms with van der Waals surface area (Å²) in [4.78, 5) is 18.7. The van der Waals surface area contributed by atoms with Gasteiger partial charge in [0.1, 0.15) is 0 Å². The summed E-state index contributed by atoms with van der Waals surface area (Å²) in [5, 5.41) is 12.4. The molecule has 4 heterocycles. The van der Waals surface area contributed by atoms with Gasteiger partial charge in [-0.2, -0.15) is 0 Å². The van der Waals surface area contributed by atoms with Crippen LogP contribution in [0.2, 0.25) is 0 Å². The fourth-order valence-electron chi connectivity index (χ4n) is 5.42. The van der Waals surface area contributed by atoms with Crippen molar-refractivity contribution in [2.75, 3.05) is 19.7 Å². The lowest BCUT2D eigenvalue weighted by atomic mass is 9.73. The van der Waals surface area contributed by atoms with Crippen LogP contribution in [0, 0.1) is 11.8 Å². The van der Waals surface area contributed by atoms with Gasteiger partial charge in [0.2, 0.25) is 0 Å². The molecule has 3 fully saturated rings. The number of hydrogen-bond acceptors (Lipinski definition) is 5. The molecule has 5 atom stereocenters. The topological polar surface area (TPSA) is 62.7 Å². The van der Waals surface area contributed by atoms with Crippen LogP contribution in [0.3, 0.4) is 0 Å². The van der Waals surface area contributed by atoms with E-state index in [1.807, 2.05) is 55.5 Å². The molecule has 33 heavy (non-hydrogen) atoms. The molecule has 1 N–H and O–H groups in total. The molecule has 0 amide bonds. The van der Waals surface area contributed by atoms with Gasteiger partial charge in [0.05, 0.1) is 23.8 Å². The Balaban J connectivity index is 1.27. The fraction of sp³-hybridized carbons (Fsp3) is 0.357. The highest BCUT2D eigenvalue weighted by molar-refractivity contribution is 5.89. The summed E-state index contributed by atoms with van der Waals surface area (Å²) in [6.45, 7) is 4.19. The van der Waals surface area contributed by atoms with Gasteiger partial charge < -0.3 is 9.84 Å². The Bertz CT molecular complexity index is 1150. The molecular formula is C28H30N2O3. The molecule has 5 heteroatoms. The van der Waals surface area contributed by atoms with E-state index in [1.165, 1.54) is 0 Å². The minimum absolute atomic E-state index is 0.142. The lowest BCUT2D eigenvalue weighted by molar-refractivity contribution is -0.0444. The van der Waals surface area contributed by atoms with Gasteiger partial charge in [-0.1, -0.05) is 42.5 Å². The lowest BCUT2D eigenvalue weighted by Gasteiger charge is -2.50. The number of esters is 1. The molecule has 5 nitrogen and oxygen atoms in total.